The smallest absolute Gasteiger partial charge is 0.430 e. The van der Waals surface area contributed by atoms with Crippen molar-refractivity contribution >= 4 is 29.2 Å². The monoisotopic (exact) mass is 610 g/mol. The number of benzene rings is 1. The van der Waals surface area contributed by atoms with Gasteiger partial charge < -0.3 is 24.5 Å². The maximum absolute atomic E-state index is 14.2. The minimum absolute atomic E-state index is 0.158. The number of aromatic nitrogens is 1. The molecule has 0 aliphatic carbocycles. The highest BCUT2D eigenvalue weighted by molar-refractivity contribution is 6.32. The molecule has 0 radical (unpaired) electrons. The second-order valence-corrected chi connectivity index (χ2v) is 11.6. The van der Waals surface area contributed by atoms with Crippen molar-refractivity contribution in [1.29, 1.82) is 0 Å². The van der Waals surface area contributed by atoms with Gasteiger partial charge in [-0.05, 0) is 75.1 Å². The number of aliphatic hydroxyl groups is 1. The van der Waals surface area contributed by atoms with E-state index in [2.05, 4.69) is 9.88 Å². The molecule has 2 amide bonds. The Kier molecular flexibility index (Phi) is 9.92. The summed E-state index contributed by atoms with van der Waals surface area (Å²) in [6.45, 7) is 3.83. The average molecular weight is 611 g/mol. The molecule has 230 valence electrons. The summed E-state index contributed by atoms with van der Waals surface area (Å²) in [5.74, 6) is 0.0704. The Bertz CT molecular complexity index is 1260. The molecule has 4 rings (SSSR count). The van der Waals surface area contributed by atoms with Gasteiger partial charge in [0.1, 0.15) is 16.7 Å². The number of alkyl halides is 3. The third-order valence-electron chi connectivity index (χ3n) is 8.26. The van der Waals surface area contributed by atoms with Crippen molar-refractivity contribution in [2.45, 2.75) is 50.8 Å². The van der Waals surface area contributed by atoms with E-state index < -0.39 is 23.2 Å². The van der Waals surface area contributed by atoms with Crippen molar-refractivity contribution in [3.8, 4) is 5.75 Å². The predicted molar refractivity (Wildman–Crippen MR) is 154 cm³/mol. The zero-order valence-corrected chi connectivity index (χ0v) is 24.9. The molecule has 2 aliphatic rings. The number of amides is 2. The van der Waals surface area contributed by atoms with Crippen LogP contribution in [0, 0.1) is 11.8 Å². The summed E-state index contributed by atoms with van der Waals surface area (Å²) >= 11 is 6.29. The number of likely N-dealkylation sites (tertiary alicyclic amines) is 1. The van der Waals surface area contributed by atoms with Gasteiger partial charge in [0, 0.05) is 45.8 Å². The number of halogens is 4. The SMILES string of the molecule is CCOc1cccc(C(O)(C(=O)N2CCC(CC3CCN(c4ccc(C(=O)N(C)C)c(Cl)n4)CC3)CC2)C(F)(F)F)c1. The minimum Gasteiger partial charge on any atom is -0.494 e. The first-order valence-electron chi connectivity index (χ1n) is 14.3. The summed E-state index contributed by atoms with van der Waals surface area (Å²) in [5.41, 5.74) is -3.83. The molecule has 2 fully saturated rings. The van der Waals surface area contributed by atoms with Gasteiger partial charge in [-0.2, -0.15) is 13.2 Å². The molecule has 0 bridgehead atoms. The van der Waals surface area contributed by atoms with Crippen LogP contribution in [-0.2, 0) is 10.4 Å². The Balaban J connectivity index is 1.31. The largest absolute Gasteiger partial charge is 0.494 e. The molecular weight excluding hydrogens is 573 g/mol. The lowest BCUT2D eigenvalue weighted by atomic mass is 9.82. The molecule has 1 aromatic heterocycles. The number of hydrogen-bond acceptors (Lipinski definition) is 6. The van der Waals surface area contributed by atoms with E-state index in [1.807, 2.05) is 6.07 Å². The van der Waals surface area contributed by atoms with Crippen LogP contribution in [0.3, 0.4) is 0 Å². The third kappa shape index (κ3) is 6.78. The van der Waals surface area contributed by atoms with Gasteiger partial charge in [0.2, 0.25) is 0 Å². The van der Waals surface area contributed by atoms with Gasteiger partial charge in [0.05, 0.1) is 12.2 Å². The highest BCUT2D eigenvalue weighted by Crippen LogP contribution is 2.42. The fourth-order valence-corrected chi connectivity index (χ4v) is 6.09. The summed E-state index contributed by atoms with van der Waals surface area (Å²) in [4.78, 5) is 34.6. The number of nitrogens with zero attached hydrogens (tertiary/aromatic N) is 4. The maximum Gasteiger partial charge on any atom is 0.430 e. The van der Waals surface area contributed by atoms with Crippen molar-refractivity contribution in [2.24, 2.45) is 11.8 Å². The van der Waals surface area contributed by atoms with Crippen LogP contribution in [0.2, 0.25) is 5.15 Å². The lowest BCUT2D eigenvalue weighted by Crippen LogP contribution is -2.57. The fraction of sp³-hybridized carbons (Fsp3) is 0.567. The Morgan fingerprint density at radius 1 is 1.05 bits per heavy atom. The Hall–Kier alpha value is -3.05. The lowest BCUT2D eigenvalue weighted by Gasteiger charge is -2.40. The molecule has 8 nitrogen and oxygen atoms in total. The van der Waals surface area contributed by atoms with E-state index in [1.54, 1.807) is 27.1 Å². The Morgan fingerprint density at radius 3 is 2.21 bits per heavy atom. The number of piperidine rings is 2. The van der Waals surface area contributed by atoms with Gasteiger partial charge in [-0.25, -0.2) is 4.98 Å². The van der Waals surface area contributed by atoms with Crippen LogP contribution in [-0.4, -0.2) is 84.8 Å². The topological polar surface area (TPSA) is 86.2 Å². The van der Waals surface area contributed by atoms with E-state index in [0.29, 0.717) is 24.3 Å². The summed E-state index contributed by atoms with van der Waals surface area (Å²) in [6, 6.07) is 8.52. The molecule has 2 saturated heterocycles. The van der Waals surface area contributed by atoms with E-state index in [1.165, 1.54) is 17.0 Å². The summed E-state index contributed by atoms with van der Waals surface area (Å²) in [6.07, 6.45) is -1.24. The summed E-state index contributed by atoms with van der Waals surface area (Å²) < 4.78 is 47.9. The molecular formula is C30H38ClF3N4O4. The Labute approximate surface area is 249 Å². The van der Waals surface area contributed by atoms with Crippen molar-refractivity contribution in [2.75, 3.05) is 51.8 Å². The quantitative estimate of drug-likeness (QED) is 0.417. The second-order valence-electron chi connectivity index (χ2n) is 11.3. The van der Waals surface area contributed by atoms with Gasteiger partial charge in [-0.3, -0.25) is 9.59 Å². The number of hydrogen-bond donors (Lipinski definition) is 1. The zero-order valence-electron chi connectivity index (χ0n) is 24.2. The molecule has 0 spiro atoms. The number of anilines is 1. The van der Waals surface area contributed by atoms with Crippen LogP contribution in [0.15, 0.2) is 36.4 Å². The molecule has 1 N–H and O–H groups in total. The molecule has 2 aliphatic heterocycles. The van der Waals surface area contributed by atoms with E-state index in [-0.39, 0.29) is 42.4 Å². The van der Waals surface area contributed by atoms with Crippen molar-refractivity contribution in [3.63, 3.8) is 0 Å². The van der Waals surface area contributed by atoms with Crippen molar-refractivity contribution in [1.82, 2.24) is 14.8 Å². The summed E-state index contributed by atoms with van der Waals surface area (Å²) in [7, 11) is 3.31. The number of rotatable bonds is 8. The molecule has 3 heterocycles. The van der Waals surface area contributed by atoms with Crippen LogP contribution in [0.1, 0.15) is 54.9 Å². The van der Waals surface area contributed by atoms with Crippen molar-refractivity contribution in [3.05, 3.63) is 52.7 Å². The van der Waals surface area contributed by atoms with E-state index in [9.17, 15) is 27.9 Å². The van der Waals surface area contributed by atoms with Crippen molar-refractivity contribution < 1.29 is 32.6 Å². The number of pyridine rings is 1. The highest BCUT2D eigenvalue weighted by atomic mass is 35.5. The van der Waals surface area contributed by atoms with Gasteiger partial charge >= 0.3 is 6.18 Å². The molecule has 0 saturated carbocycles. The lowest BCUT2D eigenvalue weighted by molar-refractivity contribution is -0.262. The number of carbonyl (C=O) groups is 2. The predicted octanol–water partition coefficient (Wildman–Crippen LogP) is 5.13. The molecule has 42 heavy (non-hydrogen) atoms. The normalized spacial score (nSPS) is 18.5. The Morgan fingerprint density at radius 2 is 1.67 bits per heavy atom. The third-order valence-corrected chi connectivity index (χ3v) is 8.55. The molecule has 1 aromatic carbocycles. The first-order valence-corrected chi connectivity index (χ1v) is 14.7. The first-order chi connectivity index (χ1) is 19.8. The maximum atomic E-state index is 14.2. The minimum atomic E-state index is -5.19. The average Bonchev–Trinajstić information content (AvgIpc) is 2.96. The molecule has 1 unspecified atom stereocenters. The summed E-state index contributed by atoms with van der Waals surface area (Å²) in [5, 5.41) is 11.0. The fourth-order valence-electron chi connectivity index (χ4n) is 5.86. The number of ether oxygens (including phenoxy) is 1. The molecule has 1 atom stereocenters. The first kappa shape index (κ1) is 31.9. The van der Waals surface area contributed by atoms with E-state index in [4.69, 9.17) is 16.3 Å². The molecule has 2 aromatic rings. The van der Waals surface area contributed by atoms with Gasteiger partial charge in [-0.15, -0.1) is 0 Å². The van der Waals surface area contributed by atoms with Crippen LogP contribution in [0.25, 0.3) is 0 Å². The van der Waals surface area contributed by atoms with Gasteiger partial charge in [0.25, 0.3) is 17.4 Å². The van der Waals surface area contributed by atoms with Crippen LogP contribution in [0.4, 0.5) is 19.0 Å². The molecule has 12 heteroatoms. The van der Waals surface area contributed by atoms with Gasteiger partial charge in [0.15, 0.2) is 0 Å². The van der Waals surface area contributed by atoms with Gasteiger partial charge in [-0.1, -0.05) is 23.7 Å². The standard InChI is InChI=1S/C30H38ClF3N4O4/c1-4-42-23-7-5-6-22(19-23)29(41,30(32,33)34)28(40)38-16-12-21(13-17-38)18-20-10-14-37(15-11-20)25-9-8-24(26(31)35-25)27(39)36(2)3/h5-9,19-21,41H,4,10-18H2,1-3H3. The second kappa shape index (κ2) is 13.1. The van der Waals surface area contributed by atoms with Crippen LogP contribution in [0.5, 0.6) is 5.75 Å². The van der Waals surface area contributed by atoms with E-state index in [0.717, 1.165) is 55.2 Å². The highest BCUT2D eigenvalue weighted by Gasteiger charge is 2.62. The van der Waals surface area contributed by atoms with Crippen LogP contribution < -0.4 is 9.64 Å². The van der Waals surface area contributed by atoms with Crippen LogP contribution >= 0.6 is 11.6 Å². The zero-order chi connectivity index (χ0) is 30.7. The number of carbonyl (C=O) groups excluding carboxylic acids is 2. The van der Waals surface area contributed by atoms with E-state index >= 15 is 0 Å².